The highest BCUT2D eigenvalue weighted by Gasteiger charge is 1.99. The Bertz CT molecular complexity index is 289. The monoisotopic (exact) mass is 216 g/mol. The van der Waals surface area contributed by atoms with Gasteiger partial charge in [-0.2, -0.15) is 0 Å². The highest BCUT2D eigenvalue weighted by atomic mass is 35.5. The zero-order valence-electron chi connectivity index (χ0n) is 8.00. The molecule has 3 nitrogen and oxygen atoms in total. The van der Waals surface area contributed by atoms with Crippen molar-refractivity contribution in [3.05, 3.63) is 28.8 Å². The fourth-order valence-corrected chi connectivity index (χ4v) is 1.29. The quantitative estimate of drug-likeness (QED) is 0.764. The standard InChI is InChI=1S/C10H13ClO3/c1-13-2-3-14-10-5-8(7-12)4-9(11)6-10/h4-6,12H,2-3,7H2,1H3. The van der Waals surface area contributed by atoms with Crippen molar-refractivity contribution >= 4 is 11.6 Å². The largest absolute Gasteiger partial charge is 0.491 e. The van der Waals surface area contributed by atoms with Gasteiger partial charge in [0.15, 0.2) is 0 Å². The zero-order valence-corrected chi connectivity index (χ0v) is 8.75. The Morgan fingerprint density at radius 3 is 2.71 bits per heavy atom. The molecule has 0 amide bonds. The van der Waals surface area contributed by atoms with Gasteiger partial charge in [0.25, 0.3) is 0 Å². The summed E-state index contributed by atoms with van der Waals surface area (Å²) in [5, 5.41) is 9.48. The third-order valence-corrected chi connectivity index (χ3v) is 1.89. The van der Waals surface area contributed by atoms with Crippen molar-refractivity contribution in [2.45, 2.75) is 6.61 Å². The summed E-state index contributed by atoms with van der Waals surface area (Å²) in [7, 11) is 1.61. The lowest BCUT2D eigenvalue weighted by atomic mass is 10.2. The van der Waals surface area contributed by atoms with E-state index in [9.17, 15) is 0 Å². The van der Waals surface area contributed by atoms with Gasteiger partial charge in [-0.05, 0) is 23.8 Å². The van der Waals surface area contributed by atoms with E-state index in [0.717, 1.165) is 5.56 Å². The number of hydrogen-bond acceptors (Lipinski definition) is 3. The molecule has 1 aromatic rings. The minimum atomic E-state index is -0.0405. The first-order valence-electron chi connectivity index (χ1n) is 4.28. The van der Waals surface area contributed by atoms with E-state index in [1.165, 1.54) is 0 Å². The maximum absolute atomic E-state index is 8.92. The molecule has 1 aromatic carbocycles. The van der Waals surface area contributed by atoms with Gasteiger partial charge in [-0.3, -0.25) is 0 Å². The number of rotatable bonds is 5. The molecule has 0 atom stereocenters. The highest BCUT2D eigenvalue weighted by Crippen LogP contribution is 2.20. The van der Waals surface area contributed by atoms with Crippen LogP contribution in [0.5, 0.6) is 5.75 Å². The Balaban J connectivity index is 2.62. The summed E-state index contributed by atoms with van der Waals surface area (Å²) in [4.78, 5) is 0. The van der Waals surface area contributed by atoms with Crippen molar-refractivity contribution in [3.8, 4) is 5.75 Å². The average Bonchev–Trinajstić information content (AvgIpc) is 2.17. The summed E-state index contributed by atoms with van der Waals surface area (Å²) in [5.74, 6) is 0.651. The molecular formula is C10H13ClO3. The van der Waals surface area contributed by atoms with Crippen LogP contribution in [0.25, 0.3) is 0 Å². The first-order valence-corrected chi connectivity index (χ1v) is 4.66. The van der Waals surface area contributed by atoms with E-state index in [-0.39, 0.29) is 6.61 Å². The predicted octanol–water partition coefficient (Wildman–Crippen LogP) is 1.86. The van der Waals surface area contributed by atoms with Crippen LogP contribution in [0.3, 0.4) is 0 Å². The molecule has 0 aromatic heterocycles. The molecule has 0 aliphatic carbocycles. The van der Waals surface area contributed by atoms with Crippen LogP contribution in [0.4, 0.5) is 0 Å². The molecule has 0 saturated carbocycles. The molecule has 0 aliphatic heterocycles. The molecule has 0 aliphatic rings. The predicted molar refractivity (Wildman–Crippen MR) is 54.7 cm³/mol. The van der Waals surface area contributed by atoms with E-state index in [1.807, 2.05) is 0 Å². The number of benzene rings is 1. The summed E-state index contributed by atoms with van der Waals surface area (Å²) in [6.45, 7) is 0.962. The first-order chi connectivity index (χ1) is 6.76. The Kier molecular flexibility index (Phi) is 4.73. The third kappa shape index (κ3) is 3.54. The molecule has 0 heterocycles. The minimum Gasteiger partial charge on any atom is -0.491 e. The molecule has 0 spiro atoms. The minimum absolute atomic E-state index is 0.0405. The zero-order chi connectivity index (χ0) is 10.4. The van der Waals surface area contributed by atoms with Gasteiger partial charge in [0.2, 0.25) is 0 Å². The molecule has 78 valence electrons. The van der Waals surface area contributed by atoms with E-state index < -0.39 is 0 Å². The van der Waals surface area contributed by atoms with Gasteiger partial charge in [0, 0.05) is 12.1 Å². The van der Waals surface area contributed by atoms with Crippen molar-refractivity contribution in [1.29, 1.82) is 0 Å². The second-order valence-electron chi connectivity index (χ2n) is 2.79. The van der Waals surface area contributed by atoms with E-state index in [2.05, 4.69) is 0 Å². The van der Waals surface area contributed by atoms with Crippen LogP contribution in [-0.4, -0.2) is 25.4 Å². The summed E-state index contributed by atoms with van der Waals surface area (Å²) >= 11 is 5.82. The van der Waals surface area contributed by atoms with Crippen molar-refractivity contribution in [2.24, 2.45) is 0 Å². The Morgan fingerprint density at radius 1 is 1.29 bits per heavy atom. The molecule has 0 fully saturated rings. The highest BCUT2D eigenvalue weighted by molar-refractivity contribution is 6.30. The van der Waals surface area contributed by atoms with Crippen LogP contribution in [0.15, 0.2) is 18.2 Å². The second kappa shape index (κ2) is 5.86. The summed E-state index contributed by atoms with van der Waals surface area (Å²) in [5.41, 5.74) is 0.741. The maximum atomic E-state index is 8.92. The lowest BCUT2D eigenvalue weighted by Gasteiger charge is -2.07. The summed E-state index contributed by atoms with van der Waals surface area (Å²) < 4.78 is 10.2. The Hall–Kier alpha value is -0.770. The molecule has 0 saturated heterocycles. The lowest BCUT2D eigenvalue weighted by molar-refractivity contribution is 0.146. The first kappa shape index (κ1) is 11.3. The van der Waals surface area contributed by atoms with Crippen LogP contribution in [0, 0.1) is 0 Å². The molecule has 0 unspecified atom stereocenters. The van der Waals surface area contributed by atoms with E-state index in [4.69, 9.17) is 26.2 Å². The van der Waals surface area contributed by atoms with Gasteiger partial charge < -0.3 is 14.6 Å². The van der Waals surface area contributed by atoms with Crippen molar-refractivity contribution in [3.63, 3.8) is 0 Å². The molecule has 4 heteroatoms. The van der Waals surface area contributed by atoms with E-state index in [0.29, 0.717) is 24.0 Å². The molecule has 1 rings (SSSR count). The number of ether oxygens (including phenoxy) is 2. The summed E-state index contributed by atoms with van der Waals surface area (Å²) in [6, 6.07) is 5.16. The fourth-order valence-electron chi connectivity index (χ4n) is 1.04. The Labute approximate surface area is 88.2 Å². The van der Waals surface area contributed by atoms with Gasteiger partial charge in [-0.25, -0.2) is 0 Å². The molecular weight excluding hydrogens is 204 g/mol. The smallest absolute Gasteiger partial charge is 0.121 e. The van der Waals surface area contributed by atoms with Crippen LogP contribution >= 0.6 is 11.6 Å². The average molecular weight is 217 g/mol. The van der Waals surface area contributed by atoms with E-state index in [1.54, 1.807) is 25.3 Å². The van der Waals surface area contributed by atoms with Crippen LogP contribution in [0.2, 0.25) is 5.02 Å². The number of halogens is 1. The van der Waals surface area contributed by atoms with Crippen LogP contribution in [0.1, 0.15) is 5.56 Å². The Morgan fingerprint density at radius 2 is 2.07 bits per heavy atom. The summed E-state index contributed by atoms with van der Waals surface area (Å²) in [6.07, 6.45) is 0. The number of hydrogen-bond donors (Lipinski definition) is 1. The second-order valence-corrected chi connectivity index (χ2v) is 3.23. The fraction of sp³-hybridized carbons (Fsp3) is 0.400. The number of methoxy groups -OCH3 is 1. The normalized spacial score (nSPS) is 10.2. The van der Waals surface area contributed by atoms with Gasteiger partial charge >= 0.3 is 0 Å². The molecule has 1 N–H and O–H groups in total. The van der Waals surface area contributed by atoms with Crippen LogP contribution < -0.4 is 4.74 Å². The molecule has 0 bridgehead atoms. The third-order valence-electron chi connectivity index (χ3n) is 1.67. The molecule has 14 heavy (non-hydrogen) atoms. The van der Waals surface area contributed by atoms with Gasteiger partial charge in [-0.1, -0.05) is 11.6 Å². The topological polar surface area (TPSA) is 38.7 Å². The van der Waals surface area contributed by atoms with E-state index >= 15 is 0 Å². The number of aliphatic hydroxyl groups is 1. The van der Waals surface area contributed by atoms with Crippen molar-refractivity contribution in [2.75, 3.05) is 20.3 Å². The van der Waals surface area contributed by atoms with Crippen LogP contribution in [-0.2, 0) is 11.3 Å². The van der Waals surface area contributed by atoms with Gasteiger partial charge in [-0.15, -0.1) is 0 Å². The lowest BCUT2D eigenvalue weighted by Crippen LogP contribution is -2.04. The number of aliphatic hydroxyl groups excluding tert-OH is 1. The SMILES string of the molecule is COCCOc1cc(Cl)cc(CO)c1. The van der Waals surface area contributed by atoms with Gasteiger partial charge in [0.05, 0.1) is 13.2 Å². The van der Waals surface area contributed by atoms with Gasteiger partial charge in [0.1, 0.15) is 12.4 Å². The van der Waals surface area contributed by atoms with Crippen molar-refractivity contribution in [1.82, 2.24) is 0 Å². The molecule has 0 radical (unpaired) electrons. The maximum Gasteiger partial charge on any atom is 0.121 e. The van der Waals surface area contributed by atoms with Crippen molar-refractivity contribution < 1.29 is 14.6 Å².